The number of phenols is 1. The summed E-state index contributed by atoms with van der Waals surface area (Å²) in [6, 6.07) is 7.12. The van der Waals surface area contributed by atoms with Crippen LogP contribution in [0.3, 0.4) is 0 Å². The first-order chi connectivity index (χ1) is 12.3. The molecule has 1 heterocycles. The quantitative estimate of drug-likeness (QED) is 0.896. The molecule has 3 rings (SSSR count). The van der Waals surface area contributed by atoms with Gasteiger partial charge in [0.15, 0.2) is 11.6 Å². The molecule has 7 heteroatoms. The standard InChI is InChI=1S/C19H18F2N2O3/c1-11-18(25)22(2)6-7-23(11)19(26)13-5-3-4-12(8-13)15-9-14(20)10-16(21)17(15)24/h3-5,8-11,24H,6-7H2,1-2H3. The van der Waals surface area contributed by atoms with Gasteiger partial charge in [0.2, 0.25) is 5.91 Å². The van der Waals surface area contributed by atoms with Crippen LogP contribution in [-0.2, 0) is 4.79 Å². The van der Waals surface area contributed by atoms with Gasteiger partial charge in [-0.3, -0.25) is 9.59 Å². The molecule has 0 aromatic heterocycles. The second-order valence-corrected chi connectivity index (χ2v) is 6.30. The first-order valence-corrected chi connectivity index (χ1v) is 8.14. The summed E-state index contributed by atoms with van der Waals surface area (Å²) in [4.78, 5) is 27.9. The number of likely N-dealkylation sites (N-methyl/N-ethyl adjacent to an activating group) is 1. The molecule has 0 saturated carbocycles. The third-order valence-corrected chi connectivity index (χ3v) is 4.59. The highest BCUT2D eigenvalue weighted by Crippen LogP contribution is 2.33. The number of carbonyl (C=O) groups is 2. The van der Waals surface area contributed by atoms with Gasteiger partial charge in [-0.25, -0.2) is 8.78 Å². The summed E-state index contributed by atoms with van der Waals surface area (Å²) in [5, 5.41) is 9.87. The fourth-order valence-corrected chi connectivity index (χ4v) is 3.06. The molecular formula is C19H18F2N2O3. The zero-order valence-electron chi connectivity index (χ0n) is 14.4. The lowest BCUT2D eigenvalue weighted by molar-refractivity contribution is -0.137. The van der Waals surface area contributed by atoms with Crippen LogP contribution in [0.15, 0.2) is 36.4 Å². The van der Waals surface area contributed by atoms with Crippen molar-refractivity contribution < 1.29 is 23.5 Å². The molecule has 0 bridgehead atoms. The van der Waals surface area contributed by atoms with Gasteiger partial charge in [-0.2, -0.15) is 0 Å². The molecule has 1 unspecified atom stereocenters. The molecule has 26 heavy (non-hydrogen) atoms. The van der Waals surface area contributed by atoms with Gasteiger partial charge in [-0.15, -0.1) is 0 Å². The molecule has 1 aliphatic heterocycles. The van der Waals surface area contributed by atoms with E-state index in [-0.39, 0.29) is 22.9 Å². The summed E-state index contributed by atoms with van der Waals surface area (Å²) in [6.45, 7) is 2.49. The van der Waals surface area contributed by atoms with E-state index in [9.17, 15) is 23.5 Å². The number of nitrogens with zero attached hydrogens (tertiary/aromatic N) is 2. The summed E-state index contributed by atoms with van der Waals surface area (Å²) in [5.74, 6) is -3.08. The van der Waals surface area contributed by atoms with Crippen molar-refractivity contribution in [3.63, 3.8) is 0 Å². The van der Waals surface area contributed by atoms with E-state index in [2.05, 4.69) is 0 Å². The lowest BCUT2D eigenvalue weighted by atomic mass is 10.0. The van der Waals surface area contributed by atoms with E-state index in [0.29, 0.717) is 24.7 Å². The van der Waals surface area contributed by atoms with Gasteiger partial charge >= 0.3 is 0 Å². The van der Waals surface area contributed by atoms with Crippen molar-refractivity contribution in [1.29, 1.82) is 0 Å². The minimum atomic E-state index is -1.07. The Labute approximate surface area is 149 Å². The van der Waals surface area contributed by atoms with Crippen molar-refractivity contribution in [3.8, 4) is 16.9 Å². The Hall–Kier alpha value is -2.96. The molecule has 1 atom stereocenters. The number of halogens is 2. The topological polar surface area (TPSA) is 60.9 Å². The van der Waals surface area contributed by atoms with Crippen molar-refractivity contribution in [2.45, 2.75) is 13.0 Å². The van der Waals surface area contributed by atoms with Crippen molar-refractivity contribution in [1.82, 2.24) is 9.80 Å². The number of amides is 2. The summed E-state index contributed by atoms with van der Waals surface area (Å²) in [6.07, 6.45) is 0. The average Bonchev–Trinajstić information content (AvgIpc) is 2.62. The molecule has 0 radical (unpaired) electrons. The van der Waals surface area contributed by atoms with E-state index in [1.54, 1.807) is 37.1 Å². The number of rotatable bonds is 2. The molecule has 0 spiro atoms. The fourth-order valence-electron chi connectivity index (χ4n) is 3.06. The Kier molecular flexibility index (Phi) is 4.63. The smallest absolute Gasteiger partial charge is 0.254 e. The van der Waals surface area contributed by atoms with Crippen molar-refractivity contribution >= 4 is 11.8 Å². The average molecular weight is 360 g/mol. The van der Waals surface area contributed by atoms with E-state index in [0.717, 1.165) is 6.07 Å². The molecule has 1 fully saturated rings. The number of phenolic OH excluding ortho intramolecular Hbond substituents is 1. The Bertz CT molecular complexity index is 885. The number of hydrogen-bond acceptors (Lipinski definition) is 3. The van der Waals surface area contributed by atoms with Crippen LogP contribution >= 0.6 is 0 Å². The van der Waals surface area contributed by atoms with E-state index in [1.807, 2.05) is 0 Å². The molecule has 1 N–H and O–H groups in total. The van der Waals surface area contributed by atoms with Crippen LogP contribution in [0, 0.1) is 11.6 Å². The van der Waals surface area contributed by atoms with Crippen molar-refractivity contribution in [3.05, 3.63) is 53.6 Å². The summed E-state index contributed by atoms with van der Waals surface area (Å²) < 4.78 is 27.1. The molecule has 2 amide bonds. The maximum atomic E-state index is 13.6. The second-order valence-electron chi connectivity index (χ2n) is 6.30. The highest BCUT2D eigenvalue weighted by molar-refractivity contribution is 5.99. The van der Waals surface area contributed by atoms with Gasteiger partial charge in [-0.1, -0.05) is 12.1 Å². The van der Waals surface area contributed by atoms with E-state index < -0.39 is 23.4 Å². The third kappa shape index (κ3) is 3.12. The van der Waals surface area contributed by atoms with Crippen LogP contribution in [-0.4, -0.2) is 52.9 Å². The summed E-state index contributed by atoms with van der Waals surface area (Å²) in [5.41, 5.74) is 0.537. The molecule has 1 saturated heterocycles. The van der Waals surface area contributed by atoms with E-state index >= 15 is 0 Å². The number of hydrogen-bond donors (Lipinski definition) is 1. The lowest BCUT2D eigenvalue weighted by Crippen LogP contribution is -2.56. The monoisotopic (exact) mass is 360 g/mol. The molecule has 2 aromatic rings. The normalized spacial score (nSPS) is 17.5. The Morgan fingerprint density at radius 2 is 1.92 bits per heavy atom. The zero-order valence-corrected chi connectivity index (χ0v) is 14.4. The number of aromatic hydroxyl groups is 1. The molecule has 2 aromatic carbocycles. The zero-order chi connectivity index (χ0) is 19.0. The minimum absolute atomic E-state index is 0.0420. The predicted octanol–water partition coefficient (Wildman–Crippen LogP) is 2.64. The van der Waals surface area contributed by atoms with Gasteiger partial charge in [0.05, 0.1) is 0 Å². The molecule has 5 nitrogen and oxygen atoms in total. The Morgan fingerprint density at radius 1 is 1.19 bits per heavy atom. The SMILES string of the molecule is CC1C(=O)N(C)CCN1C(=O)c1cccc(-c2cc(F)cc(F)c2O)c1. The predicted molar refractivity (Wildman–Crippen MR) is 91.6 cm³/mol. The fraction of sp³-hybridized carbons (Fsp3) is 0.263. The first kappa shape index (κ1) is 17.8. The van der Waals surface area contributed by atoms with Crippen molar-refractivity contribution in [2.75, 3.05) is 20.1 Å². The van der Waals surface area contributed by atoms with Crippen LogP contribution in [0.25, 0.3) is 11.1 Å². The maximum absolute atomic E-state index is 13.6. The number of piperazine rings is 1. The molecular weight excluding hydrogens is 342 g/mol. The lowest BCUT2D eigenvalue weighted by Gasteiger charge is -2.37. The number of benzene rings is 2. The Balaban J connectivity index is 1.95. The molecule has 1 aliphatic rings. The van der Waals surface area contributed by atoms with Crippen LogP contribution < -0.4 is 0 Å². The van der Waals surface area contributed by atoms with Crippen molar-refractivity contribution in [2.24, 2.45) is 0 Å². The molecule has 0 aliphatic carbocycles. The van der Waals surface area contributed by atoms with Crippen LogP contribution in [0.4, 0.5) is 8.78 Å². The minimum Gasteiger partial charge on any atom is -0.504 e. The number of carbonyl (C=O) groups excluding carboxylic acids is 2. The van der Waals surface area contributed by atoms with Gasteiger partial charge in [0.1, 0.15) is 11.9 Å². The third-order valence-electron chi connectivity index (χ3n) is 4.59. The van der Waals surface area contributed by atoms with E-state index in [1.165, 1.54) is 11.0 Å². The highest BCUT2D eigenvalue weighted by atomic mass is 19.1. The van der Waals surface area contributed by atoms with Gasteiger partial charge in [0, 0.05) is 37.3 Å². The van der Waals surface area contributed by atoms with Crippen LogP contribution in [0.1, 0.15) is 17.3 Å². The molecule has 136 valence electrons. The van der Waals surface area contributed by atoms with Gasteiger partial charge < -0.3 is 14.9 Å². The second kappa shape index (κ2) is 6.74. The first-order valence-electron chi connectivity index (χ1n) is 8.14. The largest absolute Gasteiger partial charge is 0.504 e. The van der Waals surface area contributed by atoms with Crippen LogP contribution in [0.5, 0.6) is 5.75 Å². The van der Waals surface area contributed by atoms with Gasteiger partial charge in [0.25, 0.3) is 5.91 Å². The summed E-state index contributed by atoms with van der Waals surface area (Å²) >= 11 is 0. The van der Waals surface area contributed by atoms with Crippen LogP contribution in [0.2, 0.25) is 0 Å². The maximum Gasteiger partial charge on any atom is 0.254 e. The Morgan fingerprint density at radius 3 is 2.65 bits per heavy atom. The van der Waals surface area contributed by atoms with Gasteiger partial charge in [-0.05, 0) is 30.7 Å². The highest BCUT2D eigenvalue weighted by Gasteiger charge is 2.33. The van der Waals surface area contributed by atoms with E-state index in [4.69, 9.17) is 0 Å². The summed E-state index contributed by atoms with van der Waals surface area (Å²) in [7, 11) is 1.68.